The number of hydrogen-bond acceptors (Lipinski definition) is 3. The van der Waals surface area contributed by atoms with Gasteiger partial charge < -0.3 is 20.7 Å². The third-order valence-electron chi connectivity index (χ3n) is 3.21. The van der Waals surface area contributed by atoms with Crippen LogP contribution in [0.4, 0.5) is 10.5 Å². The first-order valence-corrected chi connectivity index (χ1v) is 8.17. The number of rotatable bonds is 7. The standard InChI is InChI=1S/C18H20ClN3O3/c1-13-2-8-16(9-3-13)25-11-10-20-18(24)21-12-17(23)22-15-6-4-14(19)5-7-15/h2-9H,10-12H2,1H3,(H,22,23)(H2,20,21,24). The minimum atomic E-state index is -0.432. The fourth-order valence-corrected chi connectivity index (χ4v) is 2.06. The molecule has 0 unspecified atom stereocenters. The highest BCUT2D eigenvalue weighted by Gasteiger charge is 2.05. The maximum Gasteiger partial charge on any atom is 0.315 e. The molecule has 2 aromatic carbocycles. The van der Waals surface area contributed by atoms with Crippen LogP contribution < -0.4 is 20.7 Å². The van der Waals surface area contributed by atoms with E-state index >= 15 is 0 Å². The first-order chi connectivity index (χ1) is 12.0. The van der Waals surface area contributed by atoms with Crippen LogP contribution in [0.15, 0.2) is 48.5 Å². The van der Waals surface area contributed by atoms with E-state index < -0.39 is 6.03 Å². The second kappa shape index (κ2) is 9.54. The molecule has 0 aliphatic heterocycles. The van der Waals surface area contributed by atoms with Crippen molar-refractivity contribution in [2.24, 2.45) is 0 Å². The van der Waals surface area contributed by atoms with Gasteiger partial charge in [-0.05, 0) is 43.3 Å². The summed E-state index contributed by atoms with van der Waals surface area (Å²) in [6, 6.07) is 13.9. The van der Waals surface area contributed by atoms with E-state index in [9.17, 15) is 9.59 Å². The summed E-state index contributed by atoms with van der Waals surface area (Å²) in [7, 11) is 0. The predicted octanol–water partition coefficient (Wildman–Crippen LogP) is 2.97. The topological polar surface area (TPSA) is 79.5 Å². The van der Waals surface area contributed by atoms with Crippen LogP contribution in [0.25, 0.3) is 0 Å². The number of urea groups is 1. The number of carbonyl (C=O) groups is 2. The molecule has 2 rings (SSSR count). The van der Waals surface area contributed by atoms with Crippen molar-refractivity contribution in [2.45, 2.75) is 6.92 Å². The predicted molar refractivity (Wildman–Crippen MR) is 98.2 cm³/mol. The highest BCUT2D eigenvalue weighted by molar-refractivity contribution is 6.30. The van der Waals surface area contributed by atoms with E-state index in [2.05, 4.69) is 16.0 Å². The summed E-state index contributed by atoms with van der Waals surface area (Å²) in [4.78, 5) is 23.4. The van der Waals surface area contributed by atoms with Crippen molar-refractivity contribution in [3.05, 3.63) is 59.1 Å². The SMILES string of the molecule is Cc1ccc(OCCNC(=O)NCC(=O)Nc2ccc(Cl)cc2)cc1. The quantitative estimate of drug-likeness (QED) is 0.663. The van der Waals surface area contributed by atoms with Gasteiger partial charge in [0.2, 0.25) is 5.91 Å². The number of anilines is 1. The first kappa shape index (κ1) is 18.6. The highest BCUT2D eigenvalue weighted by atomic mass is 35.5. The molecule has 0 bridgehead atoms. The van der Waals surface area contributed by atoms with E-state index in [1.807, 2.05) is 31.2 Å². The molecule has 0 fully saturated rings. The van der Waals surface area contributed by atoms with Crippen molar-refractivity contribution in [3.63, 3.8) is 0 Å². The number of carbonyl (C=O) groups excluding carboxylic acids is 2. The lowest BCUT2D eigenvalue weighted by molar-refractivity contribution is -0.115. The van der Waals surface area contributed by atoms with Crippen molar-refractivity contribution < 1.29 is 14.3 Å². The van der Waals surface area contributed by atoms with Crippen LogP contribution in [-0.4, -0.2) is 31.6 Å². The Labute approximate surface area is 151 Å². The lowest BCUT2D eigenvalue weighted by Crippen LogP contribution is -2.41. The van der Waals surface area contributed by atoms with Crippen molar-refractivity contribution in [1.29, 1.82) is 0 Å². The number of benzene rings is 2. The van der Waals surface area contributed by atoms with Gasteiger partial charge in [-0.2, -0.15) is 0 Å². The van der Waals surface area contributed by atoms with Gasteiger partial charge in [0.1, 0.15) is 12.4 Å². The summed E-state index contributed by atoms with van der Waals surface area (Å²) in [6.45, 7) is 2.54. The van der Waals surface area contributed by atoms with Gasteiger partial charge in [-0.1, -0.05) is 29.3 Å². The fraction of sp³-hybridized carbons (Fsp3) is 0.222. The Morgan fingerprint density at radius 1 is 1.00 bits per heavy atom. The van der Waals surface area contributed by atoms with E-state index in [-0.39, 0.29) is 12.5 Å². The van der Waals surface area contributed by atoms with Crippen LogP contribution in [0, 0.1) is 6.92 Å². The van der Waals surface area contributed by atoms with Crippen LogP contribution in [0.3, 0.4) is 0 Å². The molecular formula is C18H20ClN3O3. The van der Waals surface area contributed by atoms with E-state index in [0.717, 1.165) is 11.3 Å². The zero-order chi connectivity index (χ0) is 18.1. The maximum absolute atomic E-state index is 11.7. The lowest BCUT2D eigenvalue weighted by atomic mass is 10.2. The fourth-order valence-electron chi connectivity index (χ4n) is 1.93. The van der Waals surface area contributed by atoms with Crippen LogP contribution in [0.1, 0.15) is 5.56 Å². The molecule has 6 nitrogen and oxygen atoms in total. The molecule has 132 valence electrons. The Bertz CT molecular complexity index is 703. The van der Waals surface area contributed by atoms with E-state index in [0.29, 0.717) is 23.9 Å². The van der Waals surface area contributed by atoms with Crippen LogP contribution in [-0.2, 0) is 4.79 Å². The van der Waals surface area contributed by atoms with E-state index in [1.165, 1.54) is 0 Å². The second-order valence-corrected chi connectivity index (χ2v) is 5.76. The van der Waals surface area contributed by atoms with Crippen molar-refractivity contribution in [3.8, 4) is 5.75 Å². The van der Waals surface area contributed by atoms with E-state index in [4.69, 9.17) is 16.3 Å². The van der Waals surface area contributed by atoms with Crippen LogP contribution in [0.5, 0.6) is 5.75 Å². The third kappa shape index (κ3) is 7.14. The molecule has 2 aromatic rings. The van der Waals surface area contributed by atoms with Gasteiger partial charge in [0, 0.05) is 10.7 Å². The van der Waals surface area contributed by atoms with Crippen molar-refractivity contribution in [1.82, 2.24) is 10.6 Å². The van der Waals surface area contributed by atoms with Gasteiger partial charge in [-0.3, -0.25) is 4.79 Å². The summed E-state index contributed by atoms with van der Waals surface area (Å²) in [5, 5.41) is 8.33. The summed E-state index contributed by atoms with van der Waals surface area (Å²) in [6.07, 6.45) is 0. The molecule has 0 aliphatic rings. The molecule has 0 aromatic heterocycles. The van der Waals surface area contributed by atoms with Gasteiger partial charge in [0.15, 0.2) is 0 Å². The Hall–Kier alpha value is -2.73. The van der Waals surface area contributed by atoms with Gasteiger partial charge >= 0.3 is 6.03 Å². The first-order valence-electron chi connectivity index (χ1n) is 7.79. The minimum Gasteiger partial charge on any atom is -0.492 e. The average molecular weight is 362 g/mol. The summed E-state index contributed by atoms with van der Waals surface area (Å²) in [5.74, 6) is 0.420. The number of ether oxygens (including phenoxy) is 1. The number of amides is 3. The molecular weight excluding hydrogens is 342 g/mol. The Balaban J connectivity index is 1.59. The summed E-state index contributed by atoms with van der Waals surface area (Å²) in [5.41, 5.74) is 1.77. The van der Waals surface area contributed by atoms with Crippen molar-refractivity contribution >= 4 is 29.2 Å². The molecule has 7 heteroatoms. The van der Waals surface area contributed by atoms with Gasteiger partial charge in [-0.25, -0.2) is 4.79 Å². The number of halogens is 1. The van der Waals surface area contributed by atoms with Gasteiger partial charge in [0.05, 0.1) is 13.1 Å². The number of nitrogens with one attached hydrogen (secondary N) is 3. The van der Waals surface area contributed by atoms with Gasteiger partial charge in [-0.15, -0.1) is 0 Å². The molecule has 3 N–H and O–H groups in total. The molecule has 25 heavy (non-hydrogen) atoms. The zero-order valence-electron chi connectivity index (χ0n) is 13.8. The molecule has 0 saturated heterocycles. The van der Waals surface area contributed by atoms with Crippen LogP contribution in [0.2, 0.25) is 5.02 Å². The van der Waals surface area contributed by atoms with Gasteiger partial charge in [0.25, 0.3) is 0 Å². The molecule has 0 heterocycles. The third-order valence-corrected chi connectivity index (χ3v) is 3.47. The highest BCUT2D eigenvalue weighted by Crippen LogP contribution is 2.13. The maximum atomic E-state index is 11.7. The zero-order valence-corrected chi connectivity index (χ0v) is 14.6. The molecule has 0 radical (unpaired) electrons. The Morgan fingerprint density at radius 3 is 2.36 bits per heavy atom. The summed E-state index contributed by atoms with van der Waals surface area (Å²) >= 11 is 5.77. The Kier molecular flexibility index (Phi) is 7.10. The minimum absolute atomic E-state index is 0.132. The van der Waals surface area contributed by atoms with Crippen LogP contribution >= 0.6 is 11.6 Å². The molecule has 3 amide bonds. The lowest BCUT2D eigenvalue weighted by Gasteiger charge is -2.09. The smallest absolute Gasteiger partial charge is 0.315 e. The molecule has 0 aliphatic carbocycles. The molecule has 0 spiro atoms. The summed E-state index contributed by atoms with van der Waals surface area (Å²) < 4.78 is 5.49. The normalized spacial score (nSPS) is 10.0. The Morgan fingerprint density at radius 2 is 1.68 bits per heavy atom. The van der Waals surface area contributed by atoms with E-state index in [1.54, 1.807) is 24.3 Å². The molecule has 0 atom stereocenters. The largest absolute Gasteiger partial charge is 0.492 e. The number of hydrogen-bond donors (Lipinski definition) is 3. The molecule has 0 saturated carbocycles. The number of aryl methyl sites for hydroxylation is 1. The van der Waals surface area contributed by atoms with Crippen molar-refractivity contribution in [2.75, 3.05) is 25.0 Å². The average Bonchev–Trinajstić information content (AvgIpc) is 2.60. The monoisotopic (exact) mass is 361 g/mol. The second-order valence-electron chi connectivity index (χ2n) is 5.33.